The van der Waals surface area contributed by atoms with Crippen LogP contribution in [0.1, 0.15) is 24.0 Å². The van der Waals surface area contributed by atoms with Gasteiger partial charge in [0.25, 0.3) is 0 Å². The lowest BCUT2D eigenvalue weighted by Gasteiger charge is -2.31. The monoisotopic (exact) mass is 430 g/mol. The molecule has 0 spiro atoms. The Balaban J connectivity index is 1.72. The number of hydrogen-bond acceptors (Lipinski definition) is 10. The number of pyridine rings is 1. The first-order valence-corrected chi connectivity index (χ1v) is 11.4. The van der Waals surface area contributed by atoms with Crippen molar-refractivity contribution in [2.24, 2.45) is 0 Å². The molecule has 1 saturated heterocycles. The Kier molecular flexibility index (Phi) is 5.64. The summed E-state index contributed by atoms with van der Waals surface area (Å²) in [6, 6.07) is 0. The van der Waals surface area contributed by atoms with Gasteiger partial charge in [-0.25, -0.2) is 4.98 Å². The molecule has 9 nitrogen and oxygen atoms in total. The Hall–Kier alpha value is -2.14. The van der Waals surface area contributed by atoms with Gasteiger partial charge in [0.05, 0.1) is 26.4 Å². The highest BCUT2D eigenvalue weighted by molar-refractivity contribution is 7.26. The number of hydrogen-bond donors (Lipinski definition) is 2. The average molecular weight is 431 g/mol. The van der Waals surface area contributed by atoms with Crippen LogP contribution in [0.3, 0.4) is 0 Å². The standard InChI is InChI=1S/C20H26N6O3S/c27-9-5-25(6-10-28)19-17-16(22-24-23-19)15-13-3-1-2-4-14(13)18(21-20(15)30-17)26-7-11-29-12-8-26/h27-28H,1-12H2. The van der Waals surface area contributed by atoms with Crippen molar-refractivity contribution in [3.05, 3.63) is 11.1 Å². The van der Waals surface area contributed by atoms with E-state index in [-0.39, 0.29) is 13.2 Å². The lowest BCUT2D eigenvalue weighted by Crippen LogP contribution is -2.37. The lowest BCUT2D eigenvalue weighted by molar-refractivity contribution is 0.122. The van der Waals surface area contributed by atoms with E-state index < -0.39 is 0 Å². The maximum Gasteiger partial charge on any atom is 0.172 e. The minimum absolute atomic E-state index is 0.0226. The zero-order chi connectivity index (χ0) is 20.5. The molecule has 0 bridgehead atoms. The molecular weight excluding hydrogens is 404 g/mol. The van der Waals surface area contributed by atoms with Gasteiger partial charge in [0.15, 0.2) is 5.82 Å². The second-order valence-electron chi connectivity index (χ2n) is 7.71. The highest BCUT2D eigenvalue weighted by atomic mass is 32.1. The van der Waals surface area contributed by atoms with E-state index in [4.69, 9.17) is 9.72 Å². The molecule has 160 valence electrons. The van der Waals surface area contributed by atoms with Crippen molar-refractivity contribution in [3.8, 4) is 0 Å². The van der Waals surface area contributed by atoms with Crippen LogP contribution >= 0.6 is 11.3 Å². The fraction of sp³-hybridized carbons (Fsp3) is 0.600. The van der Waals surface area contributed by atoms with Crippen LogP contribution in [-0.4, -0.2) is 83.2 Å². The summed E-state index contributed by atoms with van der Waals surface area (Å²) in [7, 11) is 0. The van der Waals surface area contributed by atoms with Crippen LogP contribution in [0.4, 0.5) is 11.6 Å². The third-order valence-corrected chi connectivity index (χ3v) is 7.02. The Labute approximate surface area is 178 Å². The number of aromatic nitrogens is 4. The van der Waals surface area contributed by atoms with E-state index in [1.807, 2.05) is 4.90 Å². The molecule has 0 radical (unpaired) electrons. The van der Waals surface area contributed by atoms with Gasteiger partial charge in [0.1, 0.15) is 20.9 Å². The Morgan fingerprint density at radius 1 is 1.00 bits per heavy atom. The summed E-state index contributed by atoms with van der Waals surface area (Å²) in [6.45, 7) is 3.92. The highest BCUT2D eigenvalue weighted by Gasteiger charge is 2.27. The van der Waals surface area contributed by atoms with Crippen LogP contribution in [0.15, 0.2) is 0 Å². The molecule has 0 amide bonds. The molecule has 2 aliphatic rings. The molecule has 0 saturated carbocycles. The van der Waals surface area contributed by atoms with E-state index in [0.717, 1.165) is 65.4 Å². The summed E-state index contributed by atoms with van der Waals surface area (Å²) < 4.78 is 6.47. The number of aryl methyl sites for hydroxylation is 1. The van der Waals surface area contributed by atoms with E-state index >= 15 is 0 Å². The number of anilines is 2. The van der Waals surface area contributed by atoms with Crippen molar-refractivity contribution >= 4 is 43.4 Å². The predicted octanol–water partition coefficient (Wildman–Crippen LogP) is 1.14. The minimum Gasteiger partial charge on any atom is -0.395 e. The highest BCUT2D eigenvalue weighted by Crippen LogP contribution is 2.43. The Morgan fingerprint density at radius 2 is 1.73 bits per heavy atom. The molecular formula is C20H26N6O3S. The van der Waals surface area contributed by atoms with Crippen molar-refractivity contribution in [3.63, 3.8) is 0 Å². The van der Waals surface area contributed by atoms with Crippen molar-refractivity contribution in [2.45, 2.75) is 25.7 Å². The summed E-state index contributed by atoms with van der Waals surface area (Å²) in [5.74, 6) is 1.75. The van der Waals surface area contributed by atoms with Gasteiger partial charge in [-0.05, 0) is 42.0 Å². The summed E-state index contributed by atoms with van der Waals surface area (Å²) in [6.07, 6.45) is 4.40. The van der Waals surface area contributed by atoms with Crippen LogP contribution in [0.5, 0.6) is 0 Å². The largest absolute Gasteiger partial charge is 0.395 e. The van der Waals surface area contributed by atoms with Gasteiger partial charge < -0.3 is 24.7 Å². The van der Waals surface area contributed by atoms with Crippen LogP contribution in [-0.2, 0) is 17.6 Å². The van der Waals surface area contributed by atoms with Crippen LogP contribution in [0.2, 0.25) is 0 Å². The molecule has 3 aromatic rings. The molecule has 1 aliphatic carbocycles. The minimum atomic E-state index is -0.0226. The van der Waals surface area contributed by atoms with Crippen molar-refractivity contribution in [1.82, 2.24) is 20.4 Å². The molecule has 1 aliphatic heterocycles. The van der Waals surface area contributed by atoms with Crippen LogP contribution in [0.25, 0.3) is 20.4 Å². The second kappa shape index (κ2) is 8.54. The molecule has 1 fully saturated rings. The SMILES string of the molecule is OCCN(CCO)c1nnnc2c1sc1nc(N3CCOCC3)c3c(c12)CCCC3. The number of aliphatic hydroxyl groups is 2. The van der Waals surface area contributed by atoms with E-state index in [1.54, 1.807) is 11.3 Å². The van der Waals surface area contributed by atoms with Crippen molar-refractivity contribution < 1.29 is 14.9 Å². The first-order valence-electron chi connectivity index (χ1n) is 10.6. The van der Waals surface area contributed by atoms with Gasteiger partial charge in [-0.3, -0.25) is 0 Å². The number of aliphatic hydroxyl groups excluding tert-OH is 2. The maximum absolute atomic E-state index is 9.46. The third-order valence-electron chi connectivity index (χ3n) is 5.95. The molecule has 5 rings (SSSR count). The summed E-state index contributed by atoms with van der Waals surface area (Å²) >= 11 is 1.58. The van der Waals surface area contributed by atoms with Crippen molar-refractivity contribution in [2.75, 3.05) is 62.4 Å². The number of fused-ring (bicyclic) bond motifs is 5. The first-order chi connectivity index (χ1) is 14.8. The van der Waals surface area contributed by atoms with Gasteiger partial charge in [-0.1, -0.05) is 0 Å². The zero-order valence-corrected chi connectivity index (χ0v) is 17.7. The van der Waals surface area contributed by atoms with Gasteiger partial charge in [-0.2, -0.15) is 0 Å². The number of thiophene rings is 1. The van der Waals surface area contributed by atoms with Crippen molar-refractivity contribution in [1.29, 1.82) is 0 Å². The first kappa shape index (κ1) is 19.8. The molecule has 4 heterocycles. The molecule has 0 unspecified atom stereocenters. The fourth-order valence-electron chi connectivity index (χ4n) is 4.56. The topological polar surface area (TPSA) is 108 Å². The van der Waals surface area contributed by atoms with E-state index in [0.29, 0.717) is 18.9 Å². The van der Waals surface area contributed by atoms with E-state index in [2.05, 4.69) is 20.3 Å². The summed E-state index contributed by atoms with van der Waals surface area (Å²) in [5.41, 5.74) is 3.53. The molecule has 3 aromatic heterocycles. The predicted molar refractivity (Wildman–Crippen MR) is 117 cm³/mol. The Morgan fingerprint density at radius 3 is 2.47 bits per heavy atom. The third kappa shape index (κ3) is 3.37. The average Bonchev–Trinajstić information content (AvgIpc) is 3.18. The zero-order valence-electron chi connectivity index (χ0n) is 16.9. The number of morpholine rings is 1. The smallest absolute Gasteiger partial charge is 0.172 e. The van der Waals surface area contributed by atoms with Gasteiger partial charge in [0.2, 0.25) is 0 Å². The summed E-state index contributed by atoms with van der Waals surface area (Å²) in [5, 5.41) is 32.7. The molecule has 0 atom stereocenters. The van der Waals surface area contributed by atoms with E-state index in [9.17, 15) is 10.2 Å². The normalized spacial score (nSPS) is 16.9. The molecule has 30 heavy (non-hydrogen) atoms. The fourth-order valence-corrected chi connectivity index (χ4v) is 5.71. The quantitative estimate of drug-likeness (QED) is 0.595. The number of nitrogens with zero attached hydrogens (tertiary/aromatic N) is 6. The second-order valence-corrected chi connectivity index (χ2v) is 8.71. The van der Waals surface area contributed by atoms with Gasteiger partial charge >= 0.3 is 0 Å². The molecule has 0 aromatic carbocycles. The molecule has 10 heteroatoms. The summed E-state index contributed by atoms with van der Waals surface area (Å²) in [4.78, 5) is 10.3. The van der Waals surface area contributed by atoms with Crippen LogP contribution < -0.4 is 9.80 Å². The maximum atomic E-state index is 9.46. The molecule has 2 N–H and O–H groups in total. The number of rotatable bonds is 6. The van der Waals surface area contributed by atoms with Gasteiger partial charge in [0, 0.05) is 31.6 Å². The van der Waals surface area contributed by atoms with Crippen LogP contribution in [0, 0.1) is 0 Å². The van der Waals surface area contributed by atoms with E-state index in [1.165, 1.54) is 24.0 Å². The Bertz CT molecular complexity index is 1050. The van der Waals surface area contributed by atoms with Gasteiger partial charge in [-0.15, -0.1) is 21.5 Å². The number of ether oxygens (including phenoxy) is 1. The lowest BCUT2D eigenvalue weighted by atomic mass is 9.90.